The number of aliphatic hydroxyl groups excluding tert-OH is 1. The molecule has 2 N–H and O–H groups in total. The molecule has 2 aromatic heterocycles. The highest BCUT2D eigenvalue weighted by Gasteiger charge is 2.57. The van der Waals surface area contributed by atoms with E-state index in [1.165, 1.54) is 21.9 Å². The van der Waals surface area contributed by atoms with Crippen LogP contribution in [-0.2, 0) is 16.9 Å². The molecule has 44 heavy (non-hydrogen) atoms. The molecule has 3 heterocycles. The highest BCUT2D eigenvalue weighted by atomic mass is 19.1. The van der Waals surface area contributed by atoms with E-state index in [4.69, 9.17) is 4.84 Å². The number of hydrogen-bond donors (Lipinski definition) is 2. The molecule has 0 spiro atoms. The van der Waals surface area contributed by atoms with Crippen molar-refractivity contribution in [1.82, 2.24) is 35.3 Å². The lowest BCUT2D eigenvalue weighted by atomic mass is 10.0. The third kappa shape index (κ3) is 4.63. The number of halogens is 1. The summed E-state index contributed by atoms with van der Waals surface area (Å²) in [7, 11) is 0. The van der Waals surface area contributed by atoms with Gasteiger partial charge in [-0.25, -0.2) is 9.37 Å². The van der Waals surface area contributed by atoms with E-state index in [0.29, 0.717) is 39.0 Å². The summed E-state index contributed by atoms with van der Waals surface area (Å²) in [5.41, 5.74) is 4.71. The summed E-state index contributed by atoms with van der Waals surface area (Å²) in [5, 5.41) is 21.5. The van der Waals surface area contributed by atoms with Gasteiger partial charge in [0.25, 0.3) is 5.91 Å². The Bertz CT molecular complexity index is 1960. The molecule has 1 unspecified atom stereocenters. The largest absolute Gasteiger partial charge is 0.390 e. The smallest absolute Gasteiger partial charge is 0.346 e. The number of rotatable bonds is 7. The Balaban J connectivity index is 1.10. The van der Waals surface area contributed by atoms with Crippen molar-refractivity contribution in [2.45, 2.75) is 51.4 Å². The molecule has 3 atom stereocenters. The Kier molecular flexibility index (Phi) is 6.39. The minimum atomic E-state index is -1.08. The van der Waals surface area contributed by atoms with Gasteiger partial charge in [-0.05, 0) is 78.6 Å². The maximum absolute atomic E-state index is 14.1. The topological polar surface area (TPSA) is 135 Å². The van der Waals surface area contributed by atoms with Crippen LogP contribution in [-0.4, -0.2) is 59.1 Å². The Morgan fingerprint density at radius 1 is 1.16 bits per heavy atom. The first-order valence-electron chi connectivity index (χ1n) is 14.2. The second-order valence-corrected chi connectivity index (χ2v) is 11.4. The van der Waals surface area contributed by atoms with Crippen molar-refractivity contribution in [3.8, 4) is 17.3 Å². The molecule has 1 fully saturated rings. The third-order valence-corrected chi connectivity index (χ3v) is 8.33. The van der Waals surface area contributed by atoms with Crippen molar-refractivity contribution in [3.05, 3.63) is 100 Å². The first kappa shape index (κ1) is 27.6. The summed E-state index contributed by atoms with van der Waals surface area (Å²) < 4.78 is 14.1. The molecule has 1 aliphatic heterocycles. The quantitative estimate of drug-likeness (QED) is 0.292. The Morgan fingerprint density at radius 3 is 2.73 bits per heavy atom. The normalized spacial score (nSPS) is 19.6. The average Bonchev–Trinajstić information content (AvgIpc) is 3.31. The molecule has 0 radical (unpaired) electrons. The van der Waals surface area contributed by atoms with Crippen LogP contribution < -0.4 is 10.2 Å². The van der Waals surface area contributed by atoms with Crippen molar-refractivity contribution in [1.29, 1.82) is 0 Å². The van der Waals surface area contributed by atoms with E-state index in [1.54, 1.807) is 32.2 Å². The summed E-state index contributed by atoms with van der Waals surface area (Å²) in [6.45, 7) is 5.50. The number of amides is 2. The summed E-state index contributed by atoms with van der Waals surface area (Å²) in [4.78, 5) is 44.4. The second kappa shape index (κ2) is 10.2. The predicted octanol–water partition coefficient (Wildman–Crippen LogP) is 3.61. The number of fused-ring (bicyclic) bond motifs is 2. The molecule has 0 saturated heterocycles. The number of aliphatic hydroxyl groups is 1. The summed E-state index contributed by atoms with van der Waals surface area (Å²) >= 11 is 0. The van der Waals surface area contributed by atoms with Crippen LogP contribution in [0, 0.1) is 19.7 Å². The minimum Gasteiger partial charge on any atom is -0.390 e. The number of carbonyl (C=O) groups excluding carboxylic acids is 2. The van der Waals surface area contributed by atoms with E-state index in [0.717, 1.165) is 11.1 Å². The van der Waals surface area contributed by atoms with E-state index in [-0.39, 0.29) is 24.9 Å². The van der Waals surface area contributed by atoms with Gasteiger partial charge in [-0.15, -0.1) is 5.10 Å². The Labute approximate surface area is 251 Å². The number of aromatic nitrogens is 5. The van der Waals surface area contributed by atoms with Crippen LogP contribution in [0.1, 0.15) is 46.0 Å². The molecule has 2 aliphatic rings. The maximum atomic E-state index is 14.1. The molecule has 11 nitrogen and oxygen atoms in total. The second-order valence-electron chi connectivity index (χ2n) is 11.4. The van der Waals surface area contributed by atoms with E-state index in [9.17, 15) is 19.1 Å². The molecule has 3 aromatic carbocycles. The Morgan fingerprint density at radius 2 is 1.95 bits per heavy atom. The zero-order valence-electron chi connectivity index (χ0n) is 24.2. The highest BCUT2D eigenvalue weighted by Crippen LogP contribution is 2.46. The van der Waals surface area contributed by atoms with Gasteiger partial charge in [-0.1, -0.05) is 35.2 Å². The van der Waals surface area contributed by atoms with Crippen molar-refractivity contribution in [2.24, 2.45) is 0 Å². The number of carbonyl (C=O) groups is 2. The first-order valence-corrected chi connectivity index (χ1v) is 14.2. The lowest BCUT2D eigenvalue weighted by Crippen LogP contribution is -2.49. The summed E-state index contributed by atoms with van der Waals surface area (Å²) in [6.07, 6.45) is 1.05. The van der Waals surface area contributed by atoms with E-state index < -0.39 is 29.4 Å². The molecule has 1 saturated carbocycles. The van der Waals surface area contributed by atoms with Crippen LogP contribution in [0.3, 0.4) is 0 Å². The van der Waals surface area contributed by atoms with Crippen LogP contribution in [0.5, 0.6) is 6.01 Å². The molecule has 2 amide bonds. The number of hydrogen-bond acceptors (Lipinski definition) is 8. The van der Waals surface area contributed by atoms with E-state index in [2.05, 4.69) is 25.6 Å². The summed E-state index contributed by atoms with van der Waals surface area (Å²) in [5.74, 6) is -1.17. The van der Waals surface area contributed by atoms with Gasteiger partial charge in [0.1, 0.15) is 22.9 Å². The number of nitrogens with zero attached hydrogens (tertiary/aromatic N) is 6. The zero-order chi connectivity index (χ0) is 30.7. The summed E-state index contributed by atoms with van der Waals surface area (Å²) in [6, 6.07) is 16.5. The van der Waals surface area contributed by atoms with Gasteiger partial charge >= 0.3 is 6.01 Å². The number of aryl methyl sites for hydroxylation is 2. The zero-order valence-corrected chi connectivity index (χ0v) is 24.2. The first-order chi connectivity index (χ1) is 21.1. The average molecular weight is 594 g/mol. The van der Waals surface area contributed by atoms with Gasteiger partial charge < -0.3 is 20.2 Å². The fraction of sp³-hybridized carbons (Fsp3) is 0.250. The SMILES string of the molecule is Cc1cc(F)cc(C2(NC(=O)[C@@H](C)N3Cc4ccc(-c5nc(On6nnc7ccccc76)ncc5C)cc4C3=O)C[C@H]2O)c1. The molecule has 1 aliphatic carbocycles. The van der Waals surface area contributed by atoms with Crippen LogP contribution in [0.25, 0.3) is 22.3 Å². The molecular weight excluding hydrogens is 565 g/mol. The van der Waals surface area contributed by atoms with Crippen molar-refractivity contribution in [2.75, 3.05) is 0 Å². The maximum Gasteiger partial charge on any atom is 0.346 e. The molecule has 222 valence electrons. The van der Waals surface area contributed by atoms with Crippen LogP contribution >= 0.6 is 0 Å². The van der Waals surface area contributed by atoms with Crippen LogP contribution in [0.4, 0.5) is 4.39 Å². The fourth-order valence-electron chi connectivity index (χ4n) is 5.76. The minimum absolute atomic E-state index is 0.0599. The molecule has 0 bridgehead atoms. The van der Waals surface area contributed by atoms with E-state index >= 15 is 0 Å². The molecule has 12 heteroatoms. The standard InChI is InChI=1S/C32H28FN7O4/c1-17-10-22(13-23(33)11-17)32(14-27(32)41)36-29(42)19(3)39-16-21-9-8-20(12-24(21)30(39)43)28-18(2)15-34-31(35-28)44-40-26-7-5-4-6-25(26)37-38-40/h4-13,15,19,27,41H,14,16H2,1-3H3,(H,36,42)/t19-,27-,32?/m1/s1. The van der Waals surface area contributed by atoms with Crippen LogP contribution in [0.2, 0.25) is 0 Å². The van der Waals surface area contributed by atoms with Gasteiger partial charge in [0.05, 0.1) is 17.3 Å². The van der Waals surface area contributed by atoms with Crippen molar-refractivity contribution in [3.63, 3.8) is 0 Å². The third-order valence-electron chi connectivity index (χ3n) is 8.33. The predicted molar refractivity (Wildman–Crippen MR) is 157 cm³/mol. The number of para-hydroxylation sites is 1. The van der Waals surface area contributed by atoms with Crippen molar-refractivity contribution < 1.29 is 23.9 Å². The fourth-order valence-corrected chi connectivity index (χ4v) is 5.76. The van der Waals surface area contributed by atoms with Crippen molar-refractivity contribution >= 4 is 22.8 Å². The highest BCUT2D eigenvalue weighted by molar-refractivity contribution is 6.02. The molecule has 5 aromatic rings. The van der Waals surface area contributed by atoms with Gasteiger partial charge in [0.15, 0.2) is 0 Å². The Hall–Kier alpha value is -5.23. The van der Waals surface area contributed by atoms with Gasteiger partial charge in [0.2, 0.25) is 5.91 Å². The lowest BCUT2D eigenvalue weighted by Gasteiger charge is -2.27. The van der Waals surface area contributed by atoms with Gasteiger partial charge in [0, 0.05) is 30.3 Å². The van der Waals surface area contributed by atoms with Gasteiger partial charge in [-0.3, -0.25) is 9.59 Å². The van der Waals surface area contributed by atoms with Gasteiger partial charge in [-0.2, -0.15) is 4.98 Å². The monoisotopic (exact) mass is 593 g/mol. The number of benzene rings is 3. The van der Waals surface area contributed by atoms with E-state index in [1.807, 2.05) is 43.3 Å². The van der Waals surface area contributed by atoms with Crippen LogP contribution in [0.15, 0.2) is 66.9 Å². The molecule has 7 rings (SSSR count). The number of nitrogens with one attached hydrogen (secondary N) is 1. The lowest BCUT2D eigenvalue weighted by molar-refractivity contribution is -0.126. The molecular formula is C32H28FN7O4.